The van der Waals surface area contributed by atoms with Crippen molar-refractivity contribution in [2.24, 2.45) is 23.2 Å². The monoisotopic (exact) mass is 268 g/mol. The van der Waals surface area contributed by atoms with Crippen molar-refractivity contribution in [2.45, 2.75) is 85.0 Å². The Morgan fingerprint density at radius 2 is 1.95 bits per heavy atom. The minimum absolute atomic E-state index is 0.0117. The molecule has 19 heavy (non-hydrogen) atoms. The van der Waals surface area contributed by atoms with Gasteiger partial charge in [-0.2, -0.15) is 0 Å². The molecule has 2 rings (SSSR count). The first-order chi connectivity index (χ1) is 8.88. The first kappa shape index (κ1) is 15.3. The van der Waals surface area contributed by atoms with Crippen molar-refractivity contribution in [3.63, 3.8) is 0 Å². The van der Waals surface area contributed by atoms with E-state index in [1.807, 2.05) is 0 Å². The van der Waals surface area contributed by atoms with Gasteiger partial charge in [-0.3, -0.25) is 0 Å². The Balaban J connectivity index is 2.00. The van der Waals surface area contributed by atoms with Gasteiger partial charge in [0.1, 0.15) is 0 Å². The summed E-state index contributed by atoms with van der Waals surface area (Å²) in [5, 5.41) is 10.0. The maximum absolute atomic E-state index is 10.0. The molecule has 6 unspecified atom stereocenters. The van der Waals surface area contributed by atoms with Crippen LogP contribution < -0.4 is 0 Å². The van der Waals surface area contributed by atoms with E-state index in [0.717, 1.165) is 18.8 Å². The molecular weight excluding hydrogens is 236 g/mol. The molecule has 2 aliphatic rings. The molecule has 112 valence electrons. The lowest BCUT2D eigenvalue weighted by Gasteiger charge is -2.53. The lowest BCUT2D eigenvalue weighted by molar-refractivity contribution is -0.220. The summed E-state index contributed by atoms with van der Waals surface area (Å²) in [6, 6.07) is 0. The van der Waals surface area contributed by atoms with E-state index >= 15 is 0 Å². The standard InChI is InChI=1S/C17H32O2/c1-6-17(5)15(18)10-16(17)19-14-9-12(4)7-8-13(14)11(2)3/h11-16,18H,6-10H2,1-5H3. The highest BCUT2D eigenvalue weighted by Gasteiger charge is 2.52. The van der Waals surface area contributed by atoms with Gasteiger partial charge in [0.2, 0.25) is 0 Å². The molecule has 6 atom stereocenters. The van der Waals surface area contributed by atoms with Gasteiger partial charge in [0, 0.05) is 11.8 Å². The van der Waals surface area contributed by atoms with Crippen molar-refractivity contribution in [2.75, 3.05) is 0 Å². The van der Waals surface area contributed by atoms with Crippen molar-refractivity contribution >= 4 is 0 Å². The Morgan fingerprint density at radius 1 is 1.26 bits per heavy atom. The summed E-state index contributed by atoms with van der Waals surface area (Å²) in [5.41, 5.74) is -0.0117. The summed E-state index contributed by atoms with van der Waals surface area (Å²) in [7, 11) is 0. The Kier molecular flexibility index (Phi) is 4.62. The molecule has 0 aliphatic heterocycles. The van der Waals surface area contributed by atoms with Gasteiger partial charge in [0.15, 0.2) is 0 Å². The second-order valence-electron chi connectivity index (χ2n) is 7.60. The second kappa shape index (κ2) is 5.73. The molecule has 0 heterocycles. The quantitative estimate of drug-likeness (QED) is 0.834. The van der Waals surface area contributed by atoms with Crippen molar-refractivity contribution < 1.29 is 9.84 Å². The zero-order chi connectivity index (χ0) is 14.2. The van der Waals surface area contributed by atoms with E-state index in [2.05, 4.69) is 34.6 Å². The van der Waals surface area contributed by atoms with E-state index < -0.39 is 0 Å². The van der Waals surface area contributed by atoms with Gasteiger partial charge < -0.3 is 9.84 Å². The van der Waals surface area contributed by atoms with Gasteiger partial charge in [0.05, 0.1) is 18.3 Å². The van der Waals surface area contributed by atoms with Crippen LogP contribution in [0.4, 0.5) is 0 Å². The minimum atomic E-state index is -0.166. The summed E-state index contributed by atoms with van der Waals surface area (Å²) in [4.78, 5) is 0. The molecule has 0 aromatic rings. The molecule has 2 nitrogen and oxygen atoms in total. The van der Waals surface area contributed by atoms with Gasteiger partial charge in [-0.25, -0.2) is 0 Å². The third-order valence-electron chi connectivity index (χ3n) is 6.00. The molecule has 0 spiro atoms. The second-order valence-corrected chi connectivity index (χ2v) is 7.60. The fourth-order valence-electron chi connectivity index (χ4n) is 3.95. The zero-order valence-electron chi connectivity index (χ0n) is 13.4. The SMILES string of the molecule is CCC1(C)C(O)CC1OC1CC(C)CCC1C(C)C. The van der Waals surface area contributed by atoms with E-state index in [9.17, 15) is 5.11 Å². The van der Waals surface area contributed by atoms with Crippen LogP contribution in [0.25, 0.3) is 0 Å². The molecular formula is C17H32O2. The predicted octanol–water partition coefficient (Wildman–Crippen LogP) is 4.01. The molecule has 0 aromatic heterocycles. The van der Waals surface area contributed by atoms with Crippen LogP contribution in [0.15, 0.2) is 0 Å². The van der Waals surface area contributed by atoms with Gasteiger partial charge >= 0.3 is 0 Å². The molecule has 0 aromatic carbocycles. The van der Waals surface area contributed by atoms with Gasteiger partial charge in [-0.05, 0) is 37.0 Å². The summed E-state index contributed by atoms with van der Waals surface area (Å²) in [6.45, 7) is 11.4. The number of aliphatic hydroxyl groups is 1. The predicted molar refractivity (Wildman–Crippen MR) is 79.0 cm³/mol. The van der Waals surface area contributed by atoms with Crippen LogP contribution in [0.2, 0.25) is 0 Å². The fraction of sp³-hybridized carbons (Fsp3) is 1.00. The van der Waals surface area contributed by atoms with Crippen molar-refractivity contribution in [1.29, 1.82) is 0 Å². The largest absolute Gasteiger partial charge is 0.392 e. The van der Waals surface area contributed by atoms with Crippen molar-refractivity contribution in [3.8, 4) is 0 Å². The topological polar surface area (TPSA) is 29.5 Å². The van der Waals surface area contributed by atoms with Gasteiger partial charge in [-0.15, -0.1) is 0 Å². The Morgan fingerprint density at radius 3 is 2.47 bits per heavy atom. The number of hydrogen-bond acceptors (Lipinski definition) is 2. The molecule has 2 saturated carbocycles. The van der Waals surface area contributed by atoms with Crippen molar-refractivity contribution in [3.05, 3.63) is 0 Å². The van der Waals surface area contributed by atoms with Crippen LogP contribution in [-0.4, -0.2) is 23.4 Å². The van der Waals surface area contributed by atoms with Crippen LogP contribution in [0, 0.1) is 23.2 Å². The summed E-state index contributed by atoms with van der Waals surface area (Å²) >= 11 is 0. The normalized spacial score (nSPS) is 47.2. The molecule has 0 amide bonds. The van der Waals surface area contributed by atoms with Crippen LogP contribution in [-0.2, 0) is 4.74 Å². The van der Waals surface area contributed by atoms with E-state index in [1.165, 1.54) is 19.3 Å². The van der Waals surface area contributed by atoms with Crippen LogP contribution in [0.1, 0.15) is 66.7 Å². The van der Waals surface area contributed by atoms with E-state index in [1.54, 1.807) is 0 Å². The van der Waals surface area contributed by atoms with Crippen LogP contribution in [0.3, 0.4) is 0 Å². The molecule has 0 saturated heterocycles. The smallest absolute Gasteiger partial charge is 0.0682 e. The Hall–Kier alpha value is -0.0800. The third-order valence-corrected chi connectivity index (χ3v) is 6.00. The number of rotatable bonds is 4. The molecule has 0 bridgehead atoms. The van der Waals surface area contributed by atoms with Gasteiger partial charge in [-0.1, -0.05) is 41.0 Å². The molecule has 1 N–H and O–H groups in total. The lowest BCUT2D eigenvalue weighted by atomic mass is 9.63. The van der Waals surface area contributed by atoms with E-state index in [-0.39, 0.29) is 17.6 Å². The van der Waals surface area contributed by atoms with E-state index in [0.29, 0.717) is 17.9 Å². The Bertz CT molecular complexity index is 302. The highest BCUT2D eigenvalue weighted by molar-refractivity contribution is 5.01. The summed E-state index contributed by atoms with van der Waals surface area (Å²) in [5.74, 6) is 2.20. The molecule has 2 heteroatoms. The van der Waals surface area contributed by atoms with Crippen LogP contribution in [0.5, 0.6) is 0 Å². The number of ether oxygens (including phenoxy) is 1. The summed E-state index contributed by atoms with van der Waals surface area (Å²) < 4.78 is 6.49. The maximum Gasteiger partial charge on any atom is 0.0682 e. The average Bonchev–Trinajstić information content (AvgIpc) is 2.37. The molecule has 0 radical (unpaired) electrons. The van der Waals surface area contributed by atoms with Gasteiger partial charge in [0.25, 0.3) is 0 Å². The van der Waals surface area contributed by atoms with E-state index in [4.69, 9.17) is 4.74 Å². The number of hydrogen-bond donors (Lipinski definition) is 1. The first-order valence-electron chi connectivity index (χ1n) is 8.22. The lowest BCUT2D eigenvalue weighted by Crippen LogP contribution is -2.58. The Labute approximate surface area is 118 Å². The average molecular weight is 268 g/mol. The number of aliphatic hydroxyl groups excluding tert-OH is 1. The maximum atomic E-state index is 10.0. The fourth-order valence-corrected chi connectivity index (χ4v) is 3.95. The zero-order valence-corrected chi connectivity index (χ0v) is 13.4. The van der Waals surface area contributed by atoms with Crippen LogP contribution >= 0.6 is 0 Å². The minimum Gasteiger partial charge on any atom is -0.392 e. The highest BCUT2D eigenvalue weighted by Crippen LogP contribution is 2.48. The molecule has 2 fully saturated rings. The van der Waals surface area contributed by atoms with Crippen molar-refractivity contribution in [1.82, 2.24) is 0 Å². The molecule has 2 aliphatic carbocycles. The highest BCUT2D eigenvalue weighted by atomic mass is 16.5. The first-order valence-corrected chi connectivity index (χ1v) is 8.22. The third kappa shape index (κ3) is 2.85. The summed E-state index contributed by atoms with van der Waals surface area (Å²) in [6.07, 6.45) is 6.21.